The molecule has 0 saturated carbocycles. The smallest absolute Gasteiger partial charge is 0.201 e. The van der Waals surface area contributed by atoms with Crippen LogP contribution >= 0.6 is 0 Å². The summed E-state index contributed by atoms with van der Waals surface area (Å²) in [5.41, 5.74) is 0.0456. The van der Waals surface area contributed by atoms with Crippen molar-refractivity contribution in [3.05, 3.63) is 41.2 Å². The van der Waals surface area contributed by atoms with Gasteiger partial charge in [-0.3, -0.25) is 0 Å². The molecule has 0 aliphatic carbocycles. The Morgan fingerprint density at radius 1 is 1.27 bits per heavy atom. The fraction of sp³-hybridized carbons (Fsp3) is 0.444. The molecule has 1 unspecified atom stereocenters. The number of benzene rings is 1. The largest absolute Gasteiger partial charge is 0.497 e. The standard InChI is InChI=1S/C18H20F2O2/c1-3-5-15-10-7-13(12-22-15)6-8-14-9-11-16(21-4-2)18(20)17(14)19/h9-11,13H,3-5,7,12H2,1-2H3. The summed E-state index contributed by atoms with van der Waals surface area (Å²) in [5, 5.41) is 0. The molecule has 1 aliphatic heterocycles. The van der Waals surface area contributed by atoms with E-state index in [0.717, 1.165) is 25.0 Å². The minimum Gasteiger partial charge on any atom is -0.497 e. The molecule has 0 saturated heterocycles. The van der Waals surface area contributed by atoms with Crippen molar-refractivity contribution in [3.63, 3.8) is 0 Å². The van der Waals surface area contributed by atoms with Crippen molar-refractivity contribution in [1.29, 1.82) is 0 Å². The zero-order valence-electron chi connectivity index (χ0n) is 12.9. The lowest BCUT2D eigenvalue weighted by Gasteiger charge is -2.19. The van der Waals surface area contributed by atoms with Gasteiger partial charge < -0.3 is 9.47 Å². The van der Waals surface area contributed by atoms with E-state index in [2.05, 4.69) is 18.8 Å². The molecule has 1 atom stereocenters. The molecule has 0 bridgehead atoms. The second-order valence-electron chi connectivity index (χ2n) is 5.11. The molecule has 0 aromatic heterocycles. The predicted molar refractivity (Wildman–Crippen MR) is 81.5 cm³/mol. The number of allylic oxidation sites excluding steroid dienone is 2. The van der Waals surface area contributed by atoms with Gasteiger partial charge in [0.1, 0.15) is 6.61 Å². The normalized spacial score (nSPS) is 17.1. The summed E-state index contributed by atoms with van der Waals surface area (Å²) < 4.78 is 38.3. The molecule has 0 N–H and O–H groups in total. The Labute approximate surface area is 130 Å². The number of hydrogen-bond donors (Lipinski definition) is 0. The van der Waals surface area contributed by atoms with Gasteiger partial charge in [-0.15, -0.1) is 0 Å². The molecule has 118 valence electrons. The fourth-order valence-electron chi connectivity index (χ4n) is 2.20. The van der Waals surface area contributed by atoms with Gasteiger partial charge in [0.25, 0.3) is 0 Å². The van der Waals surface area contributed by atoms with Crippen LogP contribution in [0.5, 0.6) is 5.75 Å². The first kappa shape index (κ1) is 16.4. The van der Waals surface area contributed by atoms with E-state index >= 15 is 0 Å². The number of halogens is 2. The van der Waals surface area contributed by atoms with E-state index in [1.54, 1.807) is 6.92 Å². The van der Waals surface area contributed by atoms with Crippen LogP contribution in [0.25, 0.3) is 0 Å². The highest BCUT2D eigenvalue weighted by Crippen LogP contribution is 2.23. The molecule has 2 nitrogen and oxygen atoms in total. The lowest BCUT2D eigenvalue weighted by atomic mass is 10.0. The Hall–Kier alpha value is -2.02. The fourth-order valence-corrected chi connectivity index (χ4v) is 2.20. The van der Waals surface area contributed by atoms with Crippen LogP contribution in [0.2, 0.25) is 0 Å². The molecule has 0 radical (unpaired) electrons. The average Bonchev–Trinajstić information content (AvgIpc) is 2.53. The number of rotatable bonds is 4. The molecular weight excluding hydrogens is 286 g/mol. The summed E-state index contributed by atoms with van der Waals surface area (Å²) in [4.78, 5) is 0. The van der Waals surface area contributed by atoms with E-state index < -0.39 is 11.6 Å². The highest BCUT2D eigenvalue weighted by atomic mass is 19.2. The maximum absolute atomic E-state index is 13.9. The van der Waals surface area contributed by atoms with E-state index in [9.17, 15) is 8.78 Å². The van der Waals surface area contributed by atoms with Gasteiger partial charge in [-0.05, 0) is 38.0 Å². The third kappa shape index (κ3) is 4.00. The Bertz CT molecular complexity index is 611. The Morgan fingerprint density at radius 3 is 2.73 bits per heavy atom. The van der Waals surface area contributed by atoms with Gasteiger partial charge >= 0.3 is 0 Å². The Kier molecular flexibility index (Phi) is 5.83. The molecular formula is C18H20F2O2. The first-order valence-corrected chi connectivity index (χ1v) is 7.59. The summed E-state index contributed by atoms with van der Waals surface area (Å²) >= 11 is 0. The van der Waals surface area contributed by atoms with Crippen molar-refractivity contribution in [3.8, 4) is 17.6 Å². The molecule has 0 amide bonds. The molecule has 2 rings (SSSR count). The summed E-state index contributed by atoms with van der Waals surface area (Å²) in [6.45, 7) is 4.60. The molecule has 1 aromatic rings. The van der Waals surface area contributed by atoms with Crippen LogP contribution in [0.1, 0.15) is 38.7 Å². The van der Waals surface area contributed by atoms with Crippen LogP contribution in [0.3, 0.4) is 0 Å². The number of ether oxygens (including phenoxy) is 2. The van der Waals surface area contributed by atoms with Crippen LogP contribution in [-0.4, -0.2) is 13.2 Å². The third-order valence-corrected chi connectivity index (χ3v) is 3.35. The molecule has 0 fully saturated rings. The van der Waals surface area contributed by atoms with Gasteiger partial charge in [-0.2, -0.15) is 4.39 Å². The van der Waals surface area contributed by atoms with Gasteiger partial charge in [-0.25, -0.2) is 4.39 Å². The van der Waals surface area contributed by atoms with E-state index in [1.807, 2.05) is 6.08 Å². The predicted octanol–water partition coefficient (Wildman–Crippen LogP) is 4.44. The summed E-state index contributed by atoms with van der Waals surface area (Å²) in [6.07, 6.45) is 4.78. The van der Waals surface area contributed by atoms with Crippen molar-refractivity contribution < 1.29 is 18.3 Å². The summed E-state index contributed by atoms with van der Waals surface area (Å²) in [7, 11) is 0. The lowest BCUT2D eigenvalue weighted by Crippen LogP contribution is -2.12. The number of hydrogen-bond acceptors (Lipinski definition) is 2. The van der Waals surface area contributed by atoms with Crippen LogP contribution in [-0.2, 0) is 4.74 Å². The van der Waals surface area contributed by atoms with Crippen LogP contribution in [0.4, 0.5) is 8.78 Å². The van der Waals surface area contributed by atoms with Gasteiger partial charge in [-0.1, -0.05) is 18.8 Å². The second-order valence-corrected chi connectivity index (χ2v) is 5.11. The maximum Gasteiger partial charge on any atom is 0.201 e. The highest BCUT2D eigenvalue weighted by molar-refractivity contribution is 5.41. The van der Waals surface area contributed by atoms with Gasteiger partial charge in [0.2, 0.25) is 5.82 Å². The van der Waals surface area contributed by atoms with Crippen molar-refractivity contribution in [2.75, 3.05) is 13.2 Å². The van der Waals surface area contributed by atoms with E-state index in [4.69, 9.17) is 9.47 Å². The monoisotopic (exact) mass is 306 g/mol. The maximum atomic E-state index is 13.9. The van der Waals surface area contributed by atoms with Crippen molar-refractivity contribution in [2.24, 2.45) is 5.92 Å². The first-order valence-electron chi connectivity index (χ1n) is 7.59. The molecule has 4 heteroatoms. The Morgan fingerprint density at radius 2 is 2.09 bits per heavy atom. The van der Waals surface area contributed by atoms with Gasteiger partial charge in [0, 0.05) is 6.42 Å². The van der Waals surface area contributed by atoms with Crippen molar-refractivity contribution >= 4 is 0 Å². The average molecular weight is 306 g/mol. The van der Waals surface area contributed by atoms with E-state index in [-0.39, 0.29) is 23.8 Å². The highest BCUT2D eigenvalue weighted by Gasteiger charge is 2.15. The molecule has 0 spiro atoms. The lowest BCUT2D eigenvalue weighted by molar-refractivity contribution is 0.160. The zero-order valence-corrected chi connectivity index (χ0v) is 12.9. The molecule has 22 heavy (non-hydrogen) atoms. The van der Waals surface area contributed by atoms with Crippen LogP contribution in [0, 0.1) is 29.4 Å². The van der Waals surface area contributed by atoms with E-state index in [0.29, 0.717) is 6.61 Å². The first-order chi connectivity index (χ1) is 10.7. The third-order valence-electron chi connectivity index (χ3n) is 3.35. The quantitative estimate of drug-likeness (QED) is 0.766. The zero-order chi connectivity index (χ0) is 15.9. The minimum atomic E-state index is -0.987. The molecule has 1 aromatic carbocycles. The van der Waals surface area contributed by atoms with Gasteiger partial charge in [0.15, 0.2) is 11.6 Å². The van der Waals surface area contributed by atoms with Gasteiger partial charge in [0.05, 0.1) is 23.8 Å². The SMILES string of the molecule is CCCC1=CCC(C#Cc2ccc(OCC)c(F)c2F)CO1. The van der Waals surface area contributed by atoms with Crippen molar-refractivity contribution in [2.45, 2.75) is 33.1 Å². The summed E-state index contributed by atoms with van der Waals surface area (Å²) in [6, 6.07) is 2.85. The minimum absolute atomic E-state index is 0.00892. The summed E-state index contributed by atoms with van der Waals surface area (Å²) in [5.74, 6) is 4.64. The molecule has 1 heterocycles. The van der Waals surface area contributed by atoms with Crippen LogP contribution in [0.15, 0.2) is 24.0 Å². The van der Waals surface area contributed by atoms with Crippen molar-refractivity contribution in [1.82, 2.24) is 0 Å². The molecule has 1 aliphatic rings. The van der Waals surface area contributed by atoms with E-state index in [1.165, 1.54) is 12.1 Å². The Balaban J connectivity index is 2.08. The van der Waals surface area contributed by atoms with Crippen LogP contribution < -0.4 is 4.74 Å². The second kappa shape index (κ2) is 7.84. The topological polar surface area (TPSA) is 18.5 Å².